The van der Waals surface area contributed by atoms with Gasteiger partial charge in [0.25, 0.3) is 5.91 Å². The summed E-state index contributed by atoms with van der Waals surface area (Å²) in [6.07, 6.45) is 1.73. The third-order valence-electron chi connectivity index (χ3n) is 2.38. The average molecular weight is 240 g/mol. The van der Waals surface area contributed by atoms with Crippen LogP contribution in [0.1, 0.15) is 43.6 Å². The number of aliphatic hydroxyl groups is 1. The lowest BCUT2D eigenvalue weighted by Crippen LogP contribution is -2.36. The van der Waals surface area contributed by atoms with Gasteiger partial charge in [-0.15, -0.1) is 5.10 Å². The Hall–Kier alpha value is -1.43. The van der Waals surface area contributed by atoms with Gasteiger partial charge in [-0.05, 0) is 6.42 Å². The van der Waals surface area contributed by atoms with Crippen LogP contribution in [-0.4, -0.2) is 39.3 Å². The molecule has 1 heterocycles. The highest BCUT2D eigenvalue weighted by molar-refractivity contribution is 5.90. The molecule has 0 atom stereocenters. The Morgan fingerprint density at radius 1 is 1.53 bits per heavy atom. The summed E-state index contributed by atoms with van der Waals surface area (Å²) in [5.74, 6) is 0.561. The maximum absolute atomic E-state index is 11.7. The molecule has 0 radical (unpaired) electrons. The molecule has 17 heavy (non-hydrogen) atoms. The lowest BCUT2D eigenvalue weighted by molar-refractivity contribution is 0.0901. The number of rotatable bonds is 6. The summed E-state index contributed by atoms with van der Waals surface area (Å²) >= 11 is 0. The van der Waals surface area contributed by atoms with Gasteiger partial charge in [-0.2, -0.15) is 0 Å². The molecule has 0 aromatic carbocycles. The molecule has 1 rings (SSSR count). The van der Waals surface area contributed by atoms with E-state index in [1.54, 1.807) is 0 Å². The van der Waals surface area contributed by atoms with Crippen LogP contribution in [0, 0.1) is 5.41 Å². The number of nitrogens with zero attached hydrogens (tertiary/aromatic N) is 2. The number of nitrogens with one attached hydrogen (secondary N) is 2. The van der Waals surface area contributed by atoms with Gasteiger partial charge < -0.3 is 10.4 Å². The number of H-pyrrole nitrogens is 1. The topological polar surface area (TPSA) is 90.9 Å². The Morgan fingerprint density at radius 3 is 2.82 bits per heavy atom. The molecule has 0 bridgehead atoms. The highest BCUT2D eigenvalue weighted by Gasteiger charge is 2.19. The van der Waals surface area contributed by atoms with Gasteiger partial charge in [0.2, 0.25) is 5.82 Å². The van der Waals surface area contributed by atoms with Gasteiger partial charge in [-0.1, -0.05) is 20.8 Å². The zero-order valence-corrected chi connectivity index (χ0v) is 10.6. The van der Waals surface area contributed by atoms with E-state index in [1.165, 1.54) is 0 Å². The summed E-state index contributed by atoms with van der Waals surface area (Å²) in [6, 6.07) is 0. The first kappa shape index (κ1) is 13.6. The normalized spacial score (nSPS) is 11.5. The predicted molar refractivity (Wildman–Crippen MR) is 63.6 cm³/mol. The van der Waals surface area contributed by atoms with Gasteiger partial charge in [0, 0.05) is 25.0 Å². The molecule has 0 saturated heterocycles. The molecule has 6 heteroatoms. The summed E-state index contributed by atoms with van der Waals surface area (Å²) in [4.78, 5) is 15.8. The van der Waals surface area contributed by atoms with E-state index in [-0.39, 0.29) is 23.8 Å². The van der Waals surface area contributed by atoms with E-state index in [9.17, 15) is 4.79 Å². The van der Waals surface area contributed by atoms with Crippen molar-refractivity contribution in [1.29, 1.82) is 0 Å². The SMILES string of the molecule is CCCc1nc(C(=O)NCC(C)(C)CO)n[nH]1. The standard InChI is InChI=1S/C11H20N4O2/c1-4-5-8-13-9(15-14-8)10(17)12-6-11(2,3)7-16/h16H,4-7H2,1-3H3,(H,12,17)(H,13,14,15). The Kier molecular flexibility index (Phi) is 4.62. The highest BCUT2D eigenvalue weighted by Crippen LogP contribution is 2.11. The number of aryl methyl sites for hydroxylation is 1. The first-order chi connectivity index (χ1) is 7.98. The Morgan fingerprint density at radius 2 is 2.24 bits per heavy atom. The van der Waals surface area contributed by atoms with Crippen molar-refractivity contribution in [2.75, 3.05) is 13.2 Å². The fourth-order valence-corrected chi connectivity index (χ4v) is 1.20. The van der Waals surface area contributed by atoms with E-state index in [1.807, 2.05) is 20.8 Å². The molecular formula is C11H20N4O2. The third-order valence-corrected chi connectivity index (χ3v) is 2.38. The molecule has 3 N–H and O–H groups in total. The monoisotopic (exact) mass is 240 g/mol. The maximum atomic E-state index is 11.7. The van der Waals surface area contributed by atoms with E-state index in [0.29, 0.717) is 6.54 Å². The molecule has 0 aliphatic heterocycles. The van der Waals surface area contributed by atoms with Crippen LogP contribution in [0.5, 0.6) is 0 Å². The zero-order valence-electron chi connectivity index (χ0n) is 10.6. The minimum absolute atomic E-state index is 0.0162. The highest BCUT2D eigenvalue weighted by atomic mass is 16.3. The second kappa shape index (κ2) is 5.77. The molecule has 1 aromatic heterocycles. The summed E-state index contributed by atoms with van der Waals surface area (Å²) in [5.41, 5.74) is -0.335. The minimum Gasteiger partial charge on any atom is -0.396 e. The van der Waals surface area contributed by atoms with Crippen LogP contribution in [0.3, 0.4) is 0 Å². The molecular weight excluding hydrogens is 220 g/mol. The number of aliphatic hydroxyl groups excluding tert-OH is 1. The van der Waals surface area contributed by atoms with Crippen molar-refractivity contribution in [3.8, 4) is 0 Å². The van der Waals surface area contributed by atoms with E-state index in [4.69, 9.17) is 5.11 Å². The molecule has 6 nitrogen and oxygen atoms in total. The van der Waals surface area contributed by atoms with Crippen LogP contribution in [0.4, 0.5) is 0 Å². The van der Waals surface area contributed by atoms with Crippen molar-refractivity contribution >= 4 is 5.91 Å². The number of carbonyl (C=O) groups is 1. The molecule has 0 saturated carbocycles. The summed E-state index contributed by atoms with van der Waals surface area (Å²) in [5, 5.41) is 18.3. The van der Waals surface area contributed by atoms with Crippen LogP contribution >= 0.6 is 0 Å². The Balaban J connectivity index is 2.52. The van der Waals surface area contributed by atoms with Gasteiger partial charge in [-0.3, -0.25) is 9.89 Å². The van der Waals surface area contributed by atoms with E-state index in [0.717, 1.165) is 18.7 Å². The van der Waals surface area contributed by atoms with Gasteiger partial charge in [0.05, 0.1) is 0 Å². The molecule has 0 spiro atoms. The zero-order chi connectivity index (χ0) is 12.9. The molecule has 96 valence electrons. The van der Waals surface area contributed by atoms with E-state index in [2.05, 4.69) is 20.5 Å². The van der Waals surface area contributed by atoms with Crippen LogP contribution < -0.4 is 5.32 Å². The van der Waals surface area contributed by atoms with Crippen molar-refractivity contribution < 1.29 is 9.90 Å². The summed E-state index contributed by atoms with van der Waals surface area (Å²) in [7, 11) is 0. The van der Waals surface area contributed by atoms with Gasteiger partial charge in [-0.25, -0.2) is 4.98 Å². The first-order valence-corrected chi connectivity index (χ1v) is 5.79. The van der Waals surface area contributed by atoms with Gasteiger partial charge in [0.1, 0.15) is 5.82 Å². The number of aromatic nitrogens is 3. The Bertz CT molecular complexity index is 373. The Labute approximate surface area is 101 Å². The summed E-state index contributed by atoms with van der Waals surface area (Å²) in [6.45, 7) is 6.18. The predicted octanol–water partition coefficient (Wildman–Crippen LogP) is 0.505. The smallest absolute Gasteiger partial charge is 0.290 e. The van der Waals surface area contributed by atoms with E-state index >= 15 is 0 Å². The number of hydrogen-bond donors (Lipinski definition) is 3. The van der Waals surface area contributed by atoms with Crippen LogP contribution in [0.15, 0.2) is 0 Å². The van der Waals surface area contributed by atoms with Gasteiger partial charge in [0.15, 0.2) is 0 Å². The fraction of sp³-hybridized carbons (Fsp3) is 0.727. The number of carbonyl (C=O) groups excluding carboxylic acids is 1. The summed E-state index contributed by atoms with van der Waals surface area (Å²) < 4.78 is 0. The lowest BCUT2D eigenvalue weighted by Gasteiger charge is -2.21. The lowest BCUT2D eigenvalue weighted by atomic mass is 9.95. The van der Waals surface area contributed by atoms with Crippen molar-refractivity contribution in [3.63, 3.8) is 0 Å². The largest absolute Gasteiger partial charge is 0.396 e. The van der Waals surface area contributed by atoms with Crippen molar-refractivity contribution in [2.24, 2.45) is 5.41 Å². The molecule has 1 amide bonds. The molecule has 0 aliphatic rings. The van der Waals surface area contributed by atoms with Gasteiger partial charge >= 0.3 is 0 Å². The maximum Gasteiger partial charge on any atom is 0.290 e. The first-order valence-electron chi connectivity index (χ1n) is 5.79. The van der Waals surface area contributed by atoms with Crippen molar-refractivity contribution in [2.45, 2.75) is 33.6 Å². The quantitative estimate of drug-likeness (QED) is 0.675. The van der Waals surface area contributed by atoms with Crippen LogP contribution in [0.2, 0.25) is 0 Å². The van der Waals surface area contributed by atoms with Crippen LogP contribution in [0.25, 0.3) is 0 Å². The number of hydrogen-bond acceptors (Lipinski definition) is 4. The second-order valence-corrected chi connectivity index (χ2v) is 4.86. The van der Waals surface area contributed by atoms with Crippen molar-refractivity contribution in [1.82, 2.24) is 20.5 Å². The molecule has 1 aromatic rings. The van der Waals surface area contributed by atoms with Crippen molar-refractivity contribution in [3.05, 3.63) is 11.6 Å². The molecule has 0 aliphatic carbocycles. The third kappa shape index (κ3) is 4.14. The average Bonchev–Trinajstić information content (AvgIpc) is 2.75. The minimum atomic E-state index is -0.335. The van der Waals surface area contributed by atoms with E-state index < -0.39 is 0 Å². The molecule has 0 unspecified atom stereocenters. The fourth-order valence-electron chi connectivity index (χ4n) is 1.20. The number of aromatic amines is 1. The molecule has 0 fully saturated rings. The number of amides is 1. The van der Waals surface area contributed by atoms with Crippen LogP contribution in [-0.2, 0) is 6.42 Å². The second-order valence-electron chi connectivity index (χ2n) is 4.86.